The maximum Gasteiger partial charge on any atom is 0.251 e. The SMILES string of the molecule is CCCCc1c(-c2cccc(F)c2)c(C(N)=O)c(C)n1CCc1ccccc1F. The van der Waals surface area contributed by atoms with E-state index in [-0.39, 0.29) is 11.6 Å². The van der Waals surface area contributed by atoms with Crippen molar-refractivity contribution in [1.29, 1.82) is 0 Å². The molecule has 0 aliphatic rings. The first kappa shape index (κ1) is 20.8. The van der Waals surface area contributed by atoms with Crippen LogP contribution in [0.1, 0.15) is 47.1 Å². The highest BCUT2D eigenvalue weighted by Gasteiger charge is 2.24. The average molecular weight is 396 g/mol. The molecule has 3 aromatic rings. The lowest BCUT2D eigenvalue weighted by Crippen LogP contribution is -2.14. The predicted octanol–water partition coefficient (Wildman–Crippen LogP) is 5.43. The minimum atomic E-state index is -0.538. The highest BCUT2D eigenvalue weighted by Crippen LogP contribution is 2.34. The molecule has 0 spiro atoms. The van der Waals surface area contributed by atoms with E-state index in [9.17, 15) is 13.6 Å². The third-order valence-electron chi connectivity index (χ3n) is 5.32. The first-order chi connectivity index (χ1) is 13.9. The van der Waals surface area contributed by atoms with Gasteiger partial charge in [-0.1, -0.05) is 43.7 Å². The van der Waals surface area contributed by atoms with Crippen LogP contribution < -0.4 is 5.73 Å². The zero-order valence-corrected chi connectivity index (χ0v) is 16.8. The lowest BCUT2D eigenvalue weighted by atomic mass is 9.97. The molecular formula is C24H26F2N2O. The topological polar surface area (TPSA) is 48.0 Å². The number of aromatic nitrogens is 1. The van der Waals surface area contributed by atoms with Gasteiger partial charge in [-0.2, -0.15) is 0 Å². The Morgan fingerprint density at radius 3 is 2.48 bits per heavy atom. The summed E-state index contributed by atoms with van der Waals surface area (Å²) in [5.41, 5.74) is 9.77. The van der Waals surface area contributed by atoms with Crippen molar-refractivity contribution in [3.05, 3.63) is 82.7 Å². The van der Waals surface area contributed by atoms with Crippen molar-refractivity contribution in [2.75, 3.05) is 0 Å². The fourth-order valence-electron chi connectivity index (χ4n) is 3.89. The first-order valence-corrected chi connectivity index (χ1v) is 9.95. The number of aryl methyl sites for hydroxylation is 1. The molecule has 0 radical (unpaired) electrons. The van der Waals surface area contributed by atoms with E-state index in [1.807, 2.05) is 17.6 Å². The van der Waals surface area contributed by atoms with Crippen LogP contribution >= 0.6 is 0 Å². The smallest absolute Gasteiger partial charge is 0.251 e. The molecule has 0 aliphatic heterocycles. The average Bonchev–Trinajstić information content (AvgIpc) is 2.97. The van der Waals surface area contributed by atoms with Gasteiger partial charge in [0, 0.05) is 23.5 Å². The Bertz CT molecular complexity index is 1020. The molecule has 0 bridgehead atoms. The van der Waals surface area contributed by atoms with Crippen LogP contribution in [0.5, 0.6) is 0 Å². The maximum atomic E-state index is 14.1. The lowest BCUT2D eigenvalue weighted by Gasteiger charge is -2.14. The number of benzene rings is 2. The van der Waals surface area contributed by atoms with E-state index in [1.165, 1.54) is 18.2 Å². The summed E-state index contributed by atoms with van der Waals surface area (Å²) >= 11 is 0. The second-order valence-corrected chi connectivity index (χ2v) is 7.25. The Labute approximate surface area is 170 Å². The summed E-state index contributed by atoms with van der Waals surface area (Å²) in [7, 11) is 0. The van der Waals surface area contributed by atoms with Crippen LogP contribution in [0.25, 0.3) is 11.1 Å². The van der Waals surface area contributed by atoms with Crippen LogP contribution in [-0.4, -0.2) is 10.5 Å². The molecule has 29 heavy (non-hydrogen) atoms. The standard InChI is InChI=1S/C24H26F2N2O/c1-3-4-12-21-23(18-9-7-10-19(25)15-18)22(24(27)29)16(2)28(21)14-13-17-8-5-6-11-20(17)26/h5-11,15H,3-4,12-14H2,1-2H3,(H2,27,29). The quantitative estimate of drug-likeness (QED) is 0.543. The minimum Gasteiger partial charge on any atom is -0.366 e. The third kappa shape index (κ3) is 4.39. The Kier molecular flexibility index (Phi) is 6.47. The Balaban J connectivity index is 2.13. The van der Waals surface area contributed by atoms with Crippen LogP contribution in [0.15, 0.2) is 48.5 Å². The zero-order valence-electron chi connectivity index (χ0n) is 16.8. The maximum absolute atomic E-state index is 14.1. The van der Waals surface area contributed by atoms with Gasteiger partial charge in [-0.3, -0.25) is 4.79 Å². The molecule has 0 unspecified atom stereocenters. The van der Waals surface area contributed by atoms with Crippen molar-refractivity contribution < 1.29 is 13.6 Å². The van der Waals surface area contributed by atoms with Crippen molar-refractivity contribution in [1.82, 2.24) is 4.57 Å². The summed E-state index contributed by atoms with van der Waals surface area (Å²) in [5, 5.41) is 0. The fourth-order valence-corrected chi connectivity index (χ4v) is 3.89. The lowest BCUT2D eigenvalue weighted by molar-refractivity contribution is 0.1000. The first-order valence-electron chi connectivity index (χ1n) is 9.95. The van der Waals surface area contributed by atoms with E-state index < -0.39 is 5.91 Å². The number of hydrogen-bond donors (Lipinski definition) is 1. The van der Waals surface area contributed by atoms with Crippen molar-refractivity contribution in [3.8, 4) is 11.1 Å². The molecule has 1 heterocycles. The second-order valence-electron chi connectivity index (χ2n) is 7.25. The van der Waals surface area contributed by atoms with Gasteiger partial charge >= 0.3 is 0 Å². The molecule has 0 atom stereocenters. The molecule has 0 fully saturated rings. The number of carbonyl (C=O) groups excluding carboxylic acids is 1. The van der Waals surface area contributed by atoms with Gasteiger partial charge in [-0.25, -0.2) is 8.78 Å². The van der Waals surface area contributed by atoms with Gasteiger partial charge in [0.2, 0.25) is 0 Å². The zero-order chi connectivity index (χ0) is 21.0. The number of carbonyl (C=O) groups is 1. The van der Waals surface area contributed by atoms with Gasteiger partial charge in [0.1, 0.15) is 11.6 Å². The number of halogens is 2. The monoisotopic (exact) mass is 396 g/mol. The van der Waals surface area contributed by atoms with Gasteiger partial charge in [0.15, 0.2) is 0 Å². The molecule has 0 saturated carbocycles. The fraction of sp³-hybridized carbons (Fsp3) is 0.292. The van der Waals surface area contributed by atoms with Crippen LogP contribution in [0.2, 0.25) is 0 Å². The van der Waals surface area contributed by atoms with Gasteiger partial charge in [-0.05, 0) is 55.5 Å². The summed E-state index contributed by atoms with van der Waals surface area (Å²) in [6, 6.07) is 12.9. The van der Waals surface area contributed by atoms with Crippen LogP contribution in [0, 0.1) is 18.6 Å². The molecule has 3 nitrogen and oxygen atoms in total. The summed E-state index contributed by atoms with van der Waals surface area (Å²) in [5.74, 6) is -1.15. The highest BCUT2D eigenvalue weighted by molar-refractivity contribution is 6.02. The second kappa shape index (κ2) is 9.03. The number of unbranched alkanes of at least 4 members (excludes halogenated alkanes) is 1. The van der Waals surface area contributed by atoms with Crippen molar-refractivity contribution in [2.45, 2.75) is 46.1 Å². The predicted molar refractivity (Wildman–Crippen MR) is 112 cm³/mol. The van der Waals surface area contributed by atoms with Crippen molar-refractivity contribution >= 4 is 5.91 Å². The molecule has 5 heteroatoms. The van der Waals surface area contributed by atoms with Gasteiger partial charge < -0.3 is 10.3 Å². The molecule has 0 saturated heterocycles. The highest BCUT2D eigenvalue weighted by atomic mass is 19.1. The van der Waals surface area contributed by atoms with Crippen LogP contribution in [0.3, 0.4) is 0 Å². The number of rotatable bonds is 8. The van der Waals surface area contributed by atoms with E-state index >= 15 is 0 Å². The molecule has 0 aliphatic carbocycles. The molecule has 2 aromatic carbocycles. The van der Waals surface area contributed by atoms with Crippen LogP contribution in [0.4, 0.5) is 8.78 Å². The summed E-state index contributed by atoms with van der Waals surface area (Å²) in [6.45, 7) is 4.46. The summed E-state index contributed by atoms with van der Waals surface area (Å²) in [4.78, 5) is 12.3. The number of nitrogens with zero attached hydrogens (tertiary/aromatic N) is 1. The largest absolute Gasteiger partial charge is 0.366 e. The minimum absolute atomic E-state index is 0.243. The molecule has 152 valence electrons. The summed E-state index contributed by atoms with van der Waals surface area (Å²) in [6.07, 6.45) is 3.12. The van der Waals surface area contributed by atoms with Gasteiger partial charge in [-0.15, -0.1) is 0 Å². The summed E-state index contributed by atoms with van der Waals surface area (Å²) < 4.78 is 30.1. The Hall–Kier alpha value is -2.95. The molecule has 1 aromatic heterocycles. The number of nitrogens with two attached hydrogens (primary N) is 1. The van der Waals surface area contributed by atoms with Gasteiger partial charge in [0.25, 0.3) is 5.91 Å². The third-order valence-corrected chi connectivity index (χ3v) is 5.32. The van der Waals surface area contributed by atoms with E-state index in [1.54, 1.807) is 24.3 Å². The number of hydrogen-bond acceptors (Lipinski definition) is 1. The Morgan fingerprint density at radius 1 is 1.07 bits per heavy atom. The molecule has 2 N–H and O–H groups in total. The molecule has 3 rings (SSSR count). The molecular weight excluding hydrogens is 370 g/mol. The number of primary amides is 1. The van der Waals surface area contributed by atoms with E-state index in [0.717, 1.165) is 30.7 Å². The van der Waals surface area contributed by atoms with E-state index in [0.29, 0.717) is 35.2 Å². The van der Waals surface area contributed by atoms with E-state index in [2.05, 4.69) is 6.92 Å². The van der Waals surface area contributed by atoms with Crippen molar-refractivity contribution in [2.24, 2.45) is 5.73 Å². The van der Waals surface area contributed by atoms with Gasteiger partial charge in [0.05, 0.1) is 5.56 Å². The molecule has 1 amide bonds. The van der Waals surface area contributed by atoms with Crippen LogP contribution in [-0.2, 0) is 19.4 Å². The van der Waals surface area contributed by atoms with Crippen molar-refractivity contribution in [3.63, 3.8) is 0 Å². The Morgan fingerprint density at radius 2 is 1.83 bits per heavy atom. The normalized spacial score (nSPS) is 11.0. The number of amides is 1. The van der Waals surface area contributed by atoms with E-state index in [4.69, 9.17) is 5.73 Å².